The van der Waals surface area contributed by atoms with Crippen molar-refractivity contribution in [3.8, 4) is 22.6 Å². The van der Waals surface area contributed by atoms with E-state index in [0.717, 1.165) is 54.5 Å². The second-order valence-corrected chi connectivity index (χ2v) is 11.1. The van der Waals surface area contributed by atoms with Crippen LogP contribution in [0.25, 0.3) is 17.2 Å². The molecule has 0 heterocycles. The summed E-state index contributed by atoms with van der Waals surface area (Å²) in [6.07, 6.45) is 8.78. The van der Waals surface area contributed by atoms with Crippen LogP contribution in [-0.4, -0.2) is 33.1 Å². The molecule has 2 aromatic carbocycles. The fourth-order valence-corrected chi connectivity index (χ4v) is 4.92. The number of esters is 1. The number of fused-ring (bicyclic) bond motifs is 1. The summed E-state index contributed by atoms with van der Waals surface area (Å²) in [5, 5.41) is 0. The number of hydrogen-bond donors (Lipinski definition) is 0. The van der Waals surface area contributed by atoms with Crippen molar-refractivity contribution in [2.24, 2.45) is 0 Å². The lowest BCUT2D eigenvalue weighted by Crippen LogP contribution is -2.34. The Balaban J connectivity index is 2.18. The second-order valence-electron chi connectivity index (χ2n) is 11.1. The fraction of sp³-hybridized carbons (Fsp3) is 0.531. The first-order chi connectivity index (χ1) is 17.6. The Bertz CT molecular complexity index is 1100. The van der Waals surface area contributed by atoms with Crippen molar-refractivity contribution in [2.45, 2.75) is 84.5 Å². The van der Waals surface area contributed by atoms with E-state index in [4.69, 9.17) is 18.9 Å². The van der Waals surface area contributed by atoms with Crippen molar-refractivity contribution < 1.29 is 23.7 Å². The zero-order chi connectivity index (χ0) is 27.1. The van der Waals surface area contributed by atoms with Crippen molar-refractivity contribution in [1.29, 1.82) is 0 Å². The smallest absolute Gasteiger partial charge is 0.330 e. The molecule has 1 aliphatic rings. The van der Waals surface area contributed by atoms with Crippen LogP contribution in [0, 0.1) is 0 Å². The SMILES string of the molecule is CCCCCOc1cc2c(cc1-c1cc(/C=C/C(=O)OCC)ccc1OCOC)C(C)(C)CCC2(C)C. The van der Waals surface area contributed by atoms with Gasteiger partial charge in [-0.3, -0.25) is 0 Å². The van der Waals surface area contributed by atoms with Crippen molar-refractivity contribution in [3.63, 3.8) is 0 Å². The maximum atomic E-state index is 11.9. The van der Waals surface area contributed by atoms with E-state index in [2.05, 4.69) is 46.8 Å². The van der Waals surface area contributed by atoms with Crippen LogP contribution >= 0.6 is 0 Å². The number of hydrogen-bond acceptors (Lipinski definition) is 5. The van der Waals surface area contributed by atoms with Crippen molar-refractivity contribution in [1.82, 2.24) is 0 Å². The number of benzene rings is 2. The van der Waals surface area contributed by atoms with E-state index in [-0.39, 0.29) is 23.6 Å². The Morgan fingerprint density at radius 2 is 1.57 bits per heavy atom. The quantitative estimate of drug-likeness (QED) is 0.127. The van der Waals surface area contributed by atoms with E-state index in [0.29, 0.717) is 19.0 Å². The molecule has 0 saturated carbocycles. The molecule has 0 N–H and O–H groups in total. The normalized spacial score (nSPS) is 15.9. The van der Waals surface area contributed by atoms with Crippen molar-refractivity contribution in [2.75, 3.05) is 27.1 Å². The highest BCUT2D eigenvalue weighted by Crippen LogP contribution is 2.50. The molecular weight excluding hydrogens is 464 g/mol. The monoisotopic (exact) mass is 508 g/mol. The van der Waals surface area contributed by atoms with Gasteiger partial charge in [0.1, 0.15) is 11.5 Å². The molecule has 0 radical (unpaired) electrons. The van der Waals surface area contributed by atoms with Gasteiger partial charge in [0.15, 0.2) is 6.79 Å². The Morgan fingerprint density at radius 1 is 0.892 bits per heavy atom. The van der Waals surface area contributed by atoms with Gasteiger partial charge in [0, 0.05) is 24.3 Å². The summed E-state index contributed by atoms with van der Waals surface area (Å²) in [5.41, 5.74) is 5.62. The first kappa shape index (κ1) is 28.8. The third-order valence-electron chi connectivity index (χ3n) is 7.28. The van der Waals surface area contributed by atoms with E-state index in [1.807, 2.05) is 18.2 Å². The molecular formula is C32H44O5. The van der Waals surface area contributed by atoms with Gasteiger partial charge in [0.2, 0.25) is 0 Å². The average Bonchev–Trinajstić information content (AvgIpc) is 2.87. The fourth-order valence-electron chi connectivity index (χ4n) is 4.92. The molecule has 5 nitrogen and oxygen atoms in total. The van der Waals surface area contributed by atoms with Crippen LogP contribution in [0.15, 0.2) is 36.4 Å². The van der Waals surface area contributed by atoms with E-state index in [9.17, 15) is 4.79 Å². The maximum Gasteiger partial charge on any atom is 0.330 e. The minimum absolute atomic E-state index is 0.0509. The van der Waals surface area contributed by atoms with Gasteiger partial charge in [0.25, 0.3) is 0 Å². The predicted molar refractivity (Wildman–Crippen MR) is 150 cm³/mol. The zero-order valence-corrected chi connectivity index (χ0v) is 23.7. The molecule has 5 heteroatoms. The van der Waals surface area contributed by atoms with Crippen LogP contribution < -0.4 is 9.47 Å². The number of carbonyl (C=O) groups is 1. The van der Waals surface area contributed by atoms with Gasteiger partial charge in [-0.2, -0.15) is 0 Å². The lowest BCUT2D eigenvalue weighted by molar-refractivity contribution is -0.137. The number of unbranched alkanes of at least 4 members (excludes halogenated alkanes) is 2. The molecule has 0 atom stereocenters. The molecule has 0 aliphatic heterocycles. The number of methoxy groups -OCH3 is 1. The highest BCUT2D eigenvalue weighted by atomic mass is 16.7. The van der Waals surface area contributed by atoms with Gasteiger partial charge in [-0.05, 0) is 84.0 Å². The molecule has 202 valence electrons. The minimum Gasteiger partial charge on any atom is -0.493 e. The average molecular weight is 509 g/mol. The second kappa shape index (κ2) is 12.6. The van der Waals surface area contributed by atoms with Crippen LogP contribution in [0.2, 0.25) is 0 Å². The summed E-state index contributed by atoms with van der Waals surface area (Å²) in [7, 11) is 1.61. The standard InChI is InChI=1S/C32H44O5/c1-8-10-11-18-36-29-21-27-26(31(3,4)16-17-32(27,5)6)20-25(29)24-19-23(13-15-30(33)35-9-2)12-14-28(24)37-22-34-7/h12-15,19-21H,8-11,16-18,22H2,1-7H3/b15-13+. The molecule has 0 unspecified atom stereocenters. The van der Waals surface area contributed by atoms with Crippen LogP contribution in [-0.2, 0) is 25.1 Å². The summed E-state index contributed by atoms with van der Waals surface area (Å²) < 4.78 is 22.7. The molecule has 1 aliphatic carbocycles. The van der Waals surface area contributed by atoms with Gasteiger partial charge in [-0.15, -0.1) is 0 Å². The third kappa shape index (κ3) is 7.16. The number of carbonyl (C=O) groups excluding carboxylic acids is 1. The van der Waals surface area contributed by atoms with Gasteiger partial charge in [-0.25, -0.2) is 4.79 Å². The molecule has 2 aromatic rings. The highest BCUT2D eigenvalue weighted by Gasteiger charge is 2.38. The predicted octanol–water partition coefficient (Wildman–Crippen LogP) is 7.83. The lowest BCUT2D eigenvalue weighted by Gasteiger charge is -2.42. The van der Waals surface area contributed by atoms with Crippen LogP contribution in [0.5, 0.6) is 11.5 Å². The van der Waals surface area contributed by atoms with Gasteiger partial charge in [0.05, 0.1) is 13.2 Å². The molecule has 37 heavy (non-hydrogen) atoms. The van der Waals surface area contributed by atoms with E-state index >= 15 is 0 Å². The van der Waals surface area contributed by atoms with Crippen LogP contribution in [0.3, 0.4) is 0 Å². The Kier molecular flexibility index (Phi) is 9.83. The summed E-state index contributed by atoms with van der Waals surface area (Å²) in [5.74, 6) is 1.22. The number of rotatable bonds is 12. The lowest BCUT2D eigenvalue weighted by atomic mass is 9.62. The van der Waals surface area contributed by atoms with E-state index in [1.165, 1.54) is 17.2 Å². The Labute approximate surface area is 223 Å². The minimum atomic E-state index is -0.360. The van der Waals surface area contributed by atoms with Crippen LogP contribution in [0.4, 0.5) is 0 Å². The summed E-state index contributed by atoms with van der Waals surface area (Å²) in [4.78, 5) is 11.9. The van der Waals surface area contributed by atoms with Crippen molar-refractivity contribution in [3.05, 3.63) is 53.1 Å². The van der Waals surface area contributed by atoms with Crippen molar-refractivity contribution >= 4 is 12.0 Å². The zero-order valence-electron chi connectivity index (χ0n) is 23.7. The van der Waals surface area contributed by atoms with E-state index in [1.54, 1.807) is 20.1 Å². The molecule has 0 spiro atoms. The van der Waals surface area contributed by atoms with Gasteiger partial charge < -0.3 is 18.9 Å². The van der Waals surface area contributed by atoms with Gasteiger partial charge >= 0.3 is 5.97 Å². The first-order valence-electron chi connectivity index (χ1n) is 13.6. The first-order valence-corrected chi connectivity index (χ1v) is 13.6. The Hall–Kier alpha value is -2.79. The Morgan fingerprint density at radius 3 is 2.22 bits per heavy atom. The van der Waals surface area contributed by atoms with E-state index < -0.39 is 0 Å². The summed E-state index contributed by atoms with van der Waals surface area (Å²) >= 11 is 0. The maximum absolute atomic E-state index is 11.9. The molecule has 3 rings (SSSR count). The molecule has 0 saturated heterocycles. The summed E-state index contributed by atoms with van der Waals surface area (Å²) in [6.45, 7) is 14.5. The molecule has 0 fully saturated rings. The molecule has 0 amide bonds. The molecule has 0 bridgehead atoms. The summed E-state index contributed by atoms with van der Waals surface area (Å²) in [6, 6.07) is 10.5. The number of ether oxygens (including phenoxy) is 4. The topological polar surface area (TPSA) is 54.0 Å². The van der Waals surface area contributed by atoms with Gasteiger partial charge in [-0.1, -0.05) is 53.5 Å². The molecule has 0 aromatic heterocycles. The third-order valence-corrected chi connectivity index (χ3v) is 7.28. The highest BCUT2D eigenvalue weighted by molar-refractivity contribution is 5.88. The van der Waals surface area contributed by atoms with Crippen LogP contribution in [0.1, 0.15) is 90.3 Å². The largest absolute Gasteiger partial charge is 0.493 e.